The van der Waals surface area contributed by atoms with Crippen molar-refractivity contribution in [2.24, 2.45) is 7.05 Å². The van der Waals surface area contributed by atoms with Crippen molar-refractivity contribution in [3.8, 4) is 0 Å². The Morgan fingerprint density at radius 1 is 1.44 bits per heavy atom. The van der Waals surface area contributed by atoms with Crippen molar-refractivity contribution >= 4 is 5.91 Å². The number of imidazole rings is 1. The average molecular weight is 247 g/mol. The maximum Gasteiger partial charge on any atom is 0.246 e. The van der Waals surface area contributed by atoms with Crippen molar-refractivity contribution in [2.45, 2.75) is 39.2 Å². The number of aromatic nitrogens is 2. The number of hydrogen-bond acceptors (Lipinski definition) is 2. The molecule has 1 amide bonds. The summed E-state index contributed by atoms with van der Waals surface area (Å²) >= 11 is 0. The van der Waals surface area contributed by atoms with Crippen LogP contribution in [0.25, 0.3) is 0 Å². The Morgan fingerprint density at radius 3 is 2.67 bits per heavy atom. The highest BCUT2D eigenvalue weighted by molar-refractivity contribution is 5.87. The SMILES string of the molecule is C=CC(=O)N1CCc2nc(C(C)(C)C)n(C)c2C1. The molecule has 0 radical (unpaired) electrons. The fourth-order valence-corrected chi connectivity index (χ4v) is 2.48. The van der Waals surface area contributed by atoms with Crippen LogP contribution < -0.4 is 0 Å². The van der Waals surface area contributed by atoms with Gasteiger partial charge in [0.05, 0.1) is 17.9 Å². The summed E-state index contributed by atoms with van der Waals surface area (Å²) in [5, 5.41) is 0. The van der Waals surface area contributed by atoms with Crippen LogP contribution in [0.2, 0.25) is 0 Å². The summed E-state index contributed by atoms with van der Waals surface area (Å²) < 4.78 is 2.14. The van der Waals surface area contributed by atoms with Crippen molar-refractivity contribution in [3.63, 3.8) is 0 Å². The second kappa shape index (κ2) is 4.26. The molecule has 0 unspecified atom stereocenters. The van der Waals surface area contributed by atoms with E-state index in [1.54, 1.807) is 0 Å². The molecule has 4 heteroatoms. The monoisotopic (exact) mass is 247 g/mol. The summed E-state index contributed by atoms with van der Waals surface area (Å²) in [6, 6.07) is 0. The first kappa shape index (κ1) is 12.9. The zero-order chi connectivity index (χ0) is 13.5. The van der Waals surface area contributed by atoms with Crippen LogP contribution >= 0.6 is 0 Å². The van der Waals surface area contributed by atoms with Gasteiger partial charge in [-0.15, -0.1) is 0 Å². The van der Waals surface area contributed by atoms with E-state index < -0.39 is 0 Å². The van der Waals surface area contributed by atoms with E-state index in [2.05, 4.69) is 31.9 Å². The highest BCUT2D eigenvalue weighted by atomic mass is 16.2. The van der Waals surface area contributed by atoms with Gasteiger partial charge in [-0.1, -0.05) is 27.4 Å². The van der Waals surface area contributed by atoms with Crippen LogP contribution in [0.15, 0.2) is 12.7 Å². The zero-order valence-corrected chi connectivity index (χ0v) is 11.7. The molecule has 1 aromatic heterocycles. The standard InChI is InChI=1S/C14H21N3O/c1-6-12(18)17-8-7-10-11(9-17)16(5)13(15-10)14(2,3)4/h6H,1,7-9H2,2-5H3. The van der Waals surface area contributed by atoms with Crippen molar-refractivity contribution in [1.82, 2.24) is 14.5 Å². The number of carbonyl (C=O) groups is 1. The molecule has 2 heterocycles. The van der Waals surface area contributed by atoms with Gasteiger partial charge >= 0.3 is 0 Å². The molecule has 0 saturated carbocycles. The van der Waals surface area contributed by atoms with Gasteiger partial charge in [-0.25, -0.2) is 4.98 Å². The van der Waals surface area contributed by atoms with E-state index in [1.165, 1.54) is 6.08 Å². The van der Waals surface area contributed by atoms with Gasteiger partial charge in [0.25, 0.3) is 0 Å². The first-order valence-corrected chi connectivity index (χ1v) is 6.31. The van der Waals surface area contributed by atoms with Crippen LogP contribution in [0.3, 0.4) is 0 Å². The minimum atomic E-state index is -0.000779. The van der Waals surface area contributed by atoms with E-state index in [-0.39, 0.29) is 11.3 Å². The van der Waals surface area contributed by atoms with Gasteiger partial charge in [0.15, 0.2) is 0 Å². The molecule has 0 aliphatic carbocycles. The van der Waals surface area contributed by atoms with Crippen molar-refractivity contribution < 1.29 is 4.79 Å². The van der Waals surface area contributed by atoms with E-state index >= 15 is 0 Å². The van der Waals surface area contributed by atoms with Gasteiger partial charge in [0.2, 0.25) is 5.91 Å². The van der Waals surface area contributed by atoms with Crippen molar-refractivity contribution in [2.75, 3.05) is 6.54 Å². The number of carbonyl (C=O) groups excluding carboxylic acids is 1. The number of rotatable bonds is 1. The number of fused-ring (bicyclic) bond motifs is 1. The molecular weight excluding hydrogens is 226 g/mol. The quantitative estimate of drug-likeness (QED) is 0.710. The molecule has 0 N–H and O–H groups in total. The second-order valence-electron chi connectivity index (χ2n) is 5.85. The van der Waals surface area contributed by atoms with Gasteiger partial charge in [-0.2, -0.15) is 0 Å². The van der Waals surface area contributed by atoms with E-state index in [0.29, 0.717) is 6.54 Å². The Balaban J connectivity index is 2.36. The zero-order valence-electron chi connectivity index (χ0n) is 11.7. The number of amides is 1. The van der Waals surface area contributed by atoms with E-state index in [9.17, 15) is 4.79 Å². The highest BCUT2D eigenvalue weighted by Crippen LogP contribution is 2.26. The molecule has 0 fully saturated rings. The van der Waals surface area contributed by atoms with Gasteiger partial charge in [-0.05, 0) is 6.08 Å². The lowest BCUT2D eigenvalue weighted by Gasteiger charge is -2.26. The average Bonchev–Trinajstić information content (AvgIpc) is 2.65. The van der Waals surface area contributed by atoms with E-state index in [0.717, 1.165) is 30.2 Å². The maximum absolute atomic E-state index is 11.7. The van der Waals surface area contributed by atoms with Crippen molar-refractivity contribution in [1.29, 1.82) is 0 Å². The maximum atomic E-state index is 11.7. The molecule has 1 aliphatic heterocycles. The van der Waals surface area contributed by atoms with Crippen LogP contribution in [0.1, 0.15) is 38.0 Å². The minimum Gasteiger partial charge on any atom is -0.333 e. The van der Waals surface area contributed by atoms with Crippen molar-refractivity contribution in [3.05, 3.63) is 29.9 Å². The second-order valence-corrected chi connectivity index (χ2v) is 5.85. The van der Waals surface area contributed by atoms with E-state index in [1.807, 2.05) is 11.9 Å². The first-order valence-electron chi connectivity index (χ1n) is 6.31. The largest absolute Gasteiger partial charge is 0.333 e. The molecule has 0 spiro atoms. The molecular formula is C14H21N3O. The Bertz CT molecular complexity index is 494. The molecule has 4 nitrogen and oxygen atoms in total. The summed E-state index contributed by atoms with van der Waals surface area (Å²) in [5.41, 5.74) is 2.32. The number of nitrogens with zero attached hydrogens (tertiary/aromatic N) is 3. The molecule has 0 bridgehead atoms. The van der Waals surface area contributed by atoms with Crippen LogP contribution in [0.5, 0.6) is 0 Å². The topological polar surface area (TPSA) is 38.1 Å². The van der Waals surface area contributed by atoms with Gasteiger partial charge in [0, 0.05) is 25.4 Å². The van der Waals surface area contributed by atoms with Crippen LogP contribution in [0, 0.1) is 0 Å². The lowest BCUT2D eigenvalue weighted by molar-refractivity contribution is -0.126. The first-order chi connectivity index (χ1) is 8.34. The normalized spacial score (nSPS) is 15.4. The van der Waals surface area contributed by atoms with Gasteiger partial charge in [0.1, 0.15) is 5.82 Å². The third-order valence-electron chi connectivity index (χ3n) is 3.41. The Morgan fingerprint density at radius 2 is 2.11 bits per heavy atom. The van der Waals surface area contributed by atoms with Gasteiger partial charge < -0.3 is 9.47 Å². The summed E-state index contributed by atoms with van der Waals surface area (Å²) in [6.07, 6.45) is 2.21. The van der Waals surface area contributed by atoms with Crippen LogP contribution in [-0.4, -0.2) is 26.9 Å². The molecule has 1 aromatic rings. The molecule has 1 aliphatic rings. The predicted octanol–water partition coefficient (Wildman–Crippen LogP) is 1.79. The Hall–Kier alpha value is -1.58. The number of hydrogen-bond donors (Lipinski definition) is 0. The lowest BCUT2D eigenvalue weighted by Crippen LogP contribution is -2.35. The summed E-state index contributed by atoms with van der Waals surface area (Å²) in [5.74, 6) is 1.08. The van der Waals surface area contributed by atoms with Crippen LogP contribution in [-0.2, 0) is 30.2 Å². The molecule has 0 atom stereocenters. The van der Waals surface area contributed by atoms with Gasteiger partial charge in [-0.3, -0.25) is 4.79 Å². The molecule has 0 aromatic carbocycles. The summed E-state index contributed by atoms with van der Waals surface area (Å²) in [4.78, 5) is 18.2. The van der Waals surface area contributed by atoms with E-state index in [4.69, 9.17) is 4.98 Å². The molecule has 0 saturated heterocycles. The molecule has 2 rings (SSSR count). The molecule has 98 valence electrons. The summed E-state index contributed by atoms with van der Waals surface area (Å²) in [6.45, 7) is 11.4. The summed E-state index contributed by atoms with van der Waals surface area (Å²) in [7, 11) is 2.04. The predicted molar refractivity (Wildman–Crippen MR) is 71.2 cm³/mol. The molecule has 18 heavy (non-hydrogen) atoms. The fraction of sp³-hybridized carbons (Fsp3) is 0.571. The smallest absolute Gasteiger partial charge is 0.246 e. The Labute approximate surface area is 108 Å². The third kappa shape index (κ3) is 2.07. The fourth-order valence-electron chi connectivity index (χ4n) is 2.48. The lowest BCUT2D eigenvalue weighted by atomic mass is 9.96. The third-order valence-corrected chi connectivity index (χ3v) is 3.41. The van der Waals surface area contributed by atoms with Crippen LogP contribution in [0.4, 0.5) is 0 Å². The Kier molecular flexibility index (Phi) is 3.05. The highest BCUT2D eigenvalue weighted by Gasteiger charge is 2.28. The minimum absolute atomic E-state index is 0.000779.